The number of ether oxygens (including phenoxy) is 1. The van der Waals surface area contributed by atoms with Crippen molar-refractivity contribution in [2.75, 3.05) is 13.7 Å². The fourth-order valence-corrected chi connectivity index (χ4v) is 1.71. The fraction of sp³-hybridized carbons (Fsp3) is 0.500. The zero-order valence-electron chi connectivity index (χ0n) is 10.3. The SMILES string of the molecule is COC(=O)c1ccc(CCCCCC[O])cc1. The molecule has 17 heavy (non-hydrogen) atoms. The Kier molecular flexibility index (Phi) is 6.33. The van der Waals surface area contributed by atoms with Crippen LogP contribution in [-0.4, -0.2) is 19.7 Å². The third-order valence-electron chi connectivity index (χ3n) is 2.73. The maximum Gasteiger partial charge on any atom is 0.337 e. The van der Waals surface area contributed by atoms with Gasteiger partial charge in [0, 0.05) is 0 Å². The highest BCUT2D eigenvalue weighted by atomic mass is 16.5. The molecule has 0 aromatic heterocycles. The Balaban J connectivity index is 2.33. The third-order valence-corrected chi connectivity index (χ3v) is 2.73. The first-order valence-electron chi connectivity index (χ1n) is 6.03. The summed E-state index contributed by atoms with van der Waals surface area (Å²) in [5, 5.41) is 10.2. The molecular formula is C14H19O3. The fourth-order valence-electron chi connectivity index (χ4n) is 1.71. The molecule has 0 N–H and O–H groups in total. The molecule has 93 valence electrons. The Morgan fingerprint density at radius 2 is 1.71 bits per heavy atom. The van der Waals surface area contributed by atoms with Gasteiger partial charge in [0.05, 0.1) is 19.3 Å². The van der Waals surface area contributed by atoms with E-state index in [9.17, 15) is 9.90 Å². The van der Waals surface area contributed by atoms with Gasteiger partial charge >= 0.3 is 5.97 Å². The maximum absolute atomic E-state index is 11.2. The lowest BCUT2D eigenvalue weighted by Crippen LogP contribution is -2.00. The molecule has 3 nitrogen and oxygen atoms in total. The van der Waals surface area contributed by atoms with Crippen molar-refractivity contribution in [2.24, 2.45) is 0 Å². The molecule has 3 heteroatoms. The summed E-state index contributed by atoms with van der Waals surface area (Å²) in [5.41, 5.74) is 1.81. The van der Waals surface area contributed by atoms with Crippen LogP contribution < -0.4 is 0 Å². The molecule has 0 atom stereocenters. The minimum Gasteiger partial charge on any atom is -0.465 e. The van der Waals surface area contributed by atoms with Gasteiger partial charge in [-0.25, -0.2) is 9.90 Å². The Morgan fingerprint density at radius 3 is 2.29 bits per heavy atom. The molecule has 0 saturated heterocycles. The molecule has 1 aromatic rings. The first-order chi connectivity index (χ1) is 8.27. The average molecular weight is 235 g/mol. The van der Waals surface area contributed by atoms with Crippen LogP contribution in [0.15, 0.2) is 24.3 Å². The zero-order chi connectivity index (χ0) is 12.5. The van der Waals surface area contributed by atoms with E-state index in [1.54, 1.807) is 12.1 Å². The van der Waals surface area contributed by atoms with Crippen LogP contribution in [0.1, 0.15) is 41.6 Å². The largest absolute Gasteiger partial charge is 0.465 e. The van der Waals surface area contributed by atoms with Crippen LogP contribution in [-0.2, 0) is 16.3 Å². The molecule has 0 aliphatic carbocycles. The van der Waals surface area contributed by atoms with E-state index >= 15 is 0 Å². The smallest absolute Gasteiger partial charge is 0.337 e. The Hall–Kier alpha value is -1.35. The average Bonchev–Trinajstić information content (AvgIpc) is 2.38. The minimum absolute atomic E-state index is 0.0355. The predicted molar refractivity (Wildman–Crippen MR) is 65.5 cm³/mol. The quantitative estimate of drug-likeness (QED) is 0.538. The summed E-state index contributed by atoms with van der Waals surface area (Å²) in [6.45, 7) is 0.0355. The molecule has 0 unspecified atom stereocenters. The third kappa shape index (κ3) is 5.00. The van der Waals surface area contributed by atoms with E-state index < -0.39 is 0 Å². The van der Waals surface area contributed by atoms with Crippen LogP contribution in [0.2, 0.25) is 0 Å². The molecule has 0 heterocycles. The number of carbonyl (C=O) groups is 1. The van der Waals surface area contributed by atoms with Gasteiger partial charge in [-0.1, -0.05) is 25.0 Å². The molecule has 0 fully saturated rings. The topological polar surface area (TPSA) is 46.2 Å². The number of esters is 1. The number of carbonyl (C=O) groups excluding carboxylic acids is 1. The Morgan fingerprint density at radius 1 is 1.06 bits per heavy atom. The van der Waals surface area contributed by atoms with Gasteiger partial charge in [0.2, 0.25) is 0 Å². The maximum atomic E-state index is 11.2. The standard InChI is InChI=1S/C14H19O3/c1-17-14(16)13-9-7-12(8-10-13)6-4-2-3-5-11-15/h7-10H,2-6,11H2,1H3. The van der Waals surface area contributed by atoms with Gasteiger partial charge in [0.15, 0.2) is 0 Å². The number of benzene rings is 1. The lowest BCUT2D eigenvalue weighted by molar-refractivity contribution is 0.0600. The second kappa shape index (κ2) is 7.85. The van der Waals surface area contributed by atoms with E-state index in [0.29, 0.717) is 5.56 Å². The van der Waals surface area contributed by atoms with Gasteiger partial charge in [-0.15, -0.1) is 0 Å². The molecule has 0 bridgehead atoms. The number of methoxy groups -OCH3 is 1. The van der Waals surface area contributed by atoms with Crippen LogP contribution in [0.5, 0.6) is 0 Å². The van der Waals surface area contributed by atoms with Crippen LogP contribution in [0.25, 0.3) is 0 Å². The predicted octanol–water partition coefficient (Wildman–Crippen LogP) is 3.01. The summed E-state index contributed by atoms with van der Waals surface area (Å²) >= 11 is 0. The van der Waals surface area contributed by atoms with Crippen LogP contribution in [0.3, 0.4) is 0 Å². The first-order valence-corrected chi connectivity index (χ1v) is 6.03. The summed E-state index contributed by atoms with van der Waals surface area (Å²) in [4.78, 5) is 11.2. The second-order valence-corrected chi connectivity index (χ2v) is 4.06. The van der Waals surface area contributed by atoms with Crippen molar-refractivity contribution in [3.8, 4) is 0 Å². The van der Waals surface area contributed by atoms with Gasteiger partial charge in [-0.05, 0) is 37.0 Å². The molecule has 1 radical (unpaired) electrons. The Labute approximate surface area is 102 Å². The minimum atomic E-state index is -0.299. The van der Waals surface area contributed by atoms with Crippen molar-refractivity contribution >= 4 is 5.97 Å². The van der Waals surface area contributed by atoms with E-state index in [0.717, 1.165) is 32.1 Å². The monoisotopic (exact) mass is 235 g/mol. The Bertz CT molecular complexity index is 330. The highest BCUT2D eigenvalue weighted by Crippen LogP contribution is 2.10. The van der Waals surface area contributed by atoms with Crippen molar-refractivity contribution in [3.05, 3.63) is 35.4 Å². The second-order valence-electron chi connectivity index (χ2n) is 4.06. The van der Waals surface area contributed by atoms with E-state index in [1.165, 1.54) is 12.7 Å². The number of aryl methyl sites for hydroxylation is 1. The lowest BCUT2D eigenvalue weighted by Gasteiger charge is -2.03. The van der Waals surface area contributed by atoms with E-state index in [1.807, 2.05) is 12.1 Å². The highest BCUT2D eigenvalue weighted by Gasteiger charge is 2.03. The highest BCUT2D eigenvalue weighted by molar-refractivity contribution is 5.89. The summed E-state index contributed by atoms with van der Waals surface area (Å²) in [6, 6.07) is 7.50. The van der Waals surface area contributed by atoms with Crippen LogP contribution >= 0.6 is 0 Å². The van der Waals surface area contributed by atoms with Crippen molar-refractivity contribution in [1.82, 2.24) is 0 Å². The molecule has 0 aliphatic rings. The van der Waals surface area contributed by atoms with E-state index in [2.05, 4.69) is 4.74 Å². The molecule has 1 aromatic carbocycles. The number of rotatable bonds is 7. The number of hydrogen-bond donors (Lipinski definition) is 0. The van der Waals surface area contributed by atoms with Gasteiger partial charge in [0.25, 0.3) is 0 Å². The van der Waals surface area contributed by atoms with Crippen molar-refractivity contribution < 1.29 is 14.6 Å². The van der Waals surface area contributed by atoms with Gasteiger partial charge in [-0.3, -0.25) is 0 Å². The number of unbranched alkanes of at least 4 members (excludes halogenated alkanes) is 3. The summed E-state index contributed by atoms with van der Waals surface area (Å²) in [6.07, 6.45) is 4.99. The normalized spacial score (nSPS) is 10.2. The lowest BCUT2D eigenvalue weighted by atomic mass is 10.0. The summed E-state index contributed by atoms with van der Waals surface area (Å²) < 4.78 is 4.63. The van der Waals surface area contributed by atoms with Gasteiger partial charge in [0.1, 0.15) is 0 Å². The molecule has 0 spiro atoms. The van der Waals surface area contributed by atoms with Gasteiger partial charge < -0.3 is 4.74 Å². The number of hydrogen-bond acceptors (Lipinski definition) is 2. The molecule has 0 saturated carbocycles. The van der Waals surface area contributed by atoms with Crippen LogP contribution in [0.4, 0.5) is 0 Å². The molecule has 1 rings (SSSR count). The van der Waals surface area contributed by atoms with Gasteiger partial charge in [-0.2, -0.15) is 0 Å². The van der Waals surface area contributed by atoms with E-state index in [-0.39, 0.29) is 12.6 Å². The van der Waals surface area contributed by atoms with Crippen LogP contribution in [0, 0.1) is 0 Å². The van der Waals surface area contributed by atoms with E-state index in [4.69, 9.17) is 0 Å². The summed E-state index contributed by atoms with van der Waals surface area (Å²) in [5.74, 6) is -0.299. The zero-order valence-corrected chi connectivity index (χ0v) is 10.3. The van der Waals surface area contributed by atoms with Crippen molar-refractivity contribution in [3.63, 3.8) is 0 Å². The molecule has 0 aliphatic heterocycles. The molecule has 0 amide bonds. The van der Waals surface area contributed by atoms with Crippen molar-refractivity contribution in [2.45, 2.75) is 32.1 Å². The van der Waals surface area contributed by atoms with Crippen molar-refractivity contribution in [1.29, 1.82) is 0 Å². The summed E-state index contributed by atoms with van der Waals surface area (Å²) in [7, 11) is 1.38. The molecular weight excluding hydrogens is 216 g/mol. The first kappa shape index (κ1) is 13.7.